The Bertz CT molecular complexity index is 1030. The zero-order valence-corrected chi connectivity index (χ0v) is 20.5. The minimum atomic E-state index is -0.784. The van der Waals surface area contributed by atoms with Crippen LogP contribution in [0.4, 0.5) is 0 Å². The smallest absolute Gasteiger partial charge is 0.306 e. The van der Waals surface area contributed by atoms with Crippen LogP contribution in [0.15, 0.2) is 10.5 Å². The lowest BCUT2D eigenvalue weighted by Crippen LogP contribution is -2.46. The largest absolute Gasteiger partial charge is 0.481 e. The SMILES string of the molecule is Cc1oc(C(C)(C)C)nc1-c1cc(C(=O)N[C@H]2C[C@H](C(=O)O)C2)c(C)n1CC1CCCCC1. The quantitative estimate of drug-likeness (QED) is 0.621. The van der Waals surface area contributed by atoms with Gasteiger partial charge in [-0.25, -0.2) is 4.98 Å². The second kappa shape index (κ2) is 8.99. The summed E-state index contributed by atoms with van der Waals surface area (Å²) in [5, 5.41) is 12.2. The van der Waals surface area contributed by atoms with Crippen molar-refractivity contribution in [3.8, 4) is 11.4 Å². The van der Waals surface area contributed by atoms with E-state index in [1.54, 1.807) is 0 Å². The molecule has 4 rings (SSSR count). The van der Waals surface area contributed by atoms with E-state index in [0.717, 1.165) is 29.4 Å². The normalized spacial score (nSPS) is 21.6. The van der Waals surface area contributed by atoms with Crippen LogP contribution in [0.3, 0.4) is 0 Å². The fraction of sp³-hybridized carbons (Fsp3) is 0.654. The molecule has 7 heteroatoms. The summed E-state index contributed by atoms with van der Waals surface area (Å²) in [6, 6.07) is 1.86. The molecule has 0 saturated heterocycles. The molecule has 2 N–H and O–H groups in total. The Kier molecular flexibility index (Phi) is 6.43. The van der Waals surface area contributed by atoms with Crippen molar-refractivity contribution in [2.24, 2.45) is 11.8 Å². The molecule has 0 atom stereocenters. The average Bonchev–Trinajstić information content (AvgIpc) is 3.25. The Morgan fingerprint density at radius 2 is 1.85 bits per heavy atom. The summed E-state index contributed by atoms with van der Waals surface area (Å²) in [6.45, 7) is 11.0. The van der Waals surface area contributed by atoms with Gasteiger partial charge in [-0.15, -0.1) is 0 Å². The van der Waals surface area contributed by atoms with Gasteiger partial charge in [0.25, 0.3) is 5.91 Å². The predicted octanol–water partition coefficient (Wildman–Crippen LogP) is 5.23. The molecule has 2 aromatic rings. The maximum absolute atomic E-state index is 13.2. The van der Waals surface area contributed by atoms with E-state index in [1.165, 1.54) is 32.1 Å². The lowest BCUT2D eigenvalue weighted by molar-refractivity contribution is -0.145. The zero-order valence-electron chi connectivity index (χ0n) is 20.5. The Labute approximate surface area is 196 Å². The molecule has 2 fully saturated rings. The number of hydrogen-bond acceptors (Lipinski definition) is 4. The minimum absolute atomic E-state index is 0.0792. The Hall–Kier alpha value is -2.57. The number of aliphatic carboxylic acids is 1. The summed E-state index contributed by atoms with van der Waals surface area (Å²) in [5.41, 5.74) is 3.09. The number of amides is 1. The van der Waals surface area contributed by atoms with E-state index in [-0.39, 0.29) is 23.3 Å². The highest BCUT2D eigenvalue weighted by molar-refractivity contribution is 5.97. The first-order valence-corrected chi connectivity index (χ1v) is 12.3. The van der Waals surface area contributed by atoms with E-state index in [1.807, 2.05) is 19.9 Å². The molecule has 0 spiro atoms. The van der Waals surface area contributed by atoms with E-state index in [2.05, 4.69) is 30.7 Å². The van der Waals surface area contributed by atoms with Crippen LogP contribution >= 0.6 is 0 Å². The van der Waals surface area contributed by atoms with Crippen molar-refractivity contribution in [3.63, 3.8) is 0 Å². The highest BCUT2D eigenvalue weighted by Gasteiger charge is 2.36. The lowest BCUT2D eigenvalue weighted by Gasteiger charge is -2.32. The summed E-state index contributed by atoms with van der Waals surface area (Å²) in [4.78, 5) is 29.1. The maximum Gasteiger partial charge on any atom is 0.306 e. The summed E-state index contributed by atoms with van der Waals surface area (Å²) in [5.74, 6) is 0.778. The number of carboxylic acids is 1. The van der Waals surface area contributed by atoms with E-state index in [9.17, 15) is 9.59 Å². The van der Waals surface area contributed by atoms with Crippen molar-refractivity contribution in [1.29, 1.82) is 0 Å². The standard InChI is InChI=1S/C26H37N3O4/c1-15-20(23(30)27-19-11-18(12-19)24(31)32)13-21(29(15)14-17-9-7-6-8-10-17)22-16(2)33-25(28-22)26(3,4)5/h13,17-19H,6-12,14H2,1-5H3,(H,27,30)(H,31,32)/t18-,19-. The van der Waals surface area contributed by atoms with Crippen molar-refractivity contribution in [3.05, 3.63) is 29.0 Å². The molecule has 180 valence electrons. The number of carbonyl (C=O) groups is 2. The van der Waals surface area contributed by atoms with Gasteiger partial charge in [0.1, 0.15) is 11.5 Å². The number of nitrogens with one attached hydrogen (secondary N) is 1. The van der Waals surface area contributed by atoms with Crippen LogP contribution in [-0.2, 0) is 16.8 Å². The van der Waals surface area contributed by atoms with Gasteiger partial charge in [-0.1, -0.05) is 40.0 Å². The number of nitrogens with zero attached hydrogens (tertiary/aromatic N) is 2. The Morgan fingerprint density at radius 3 is 2.42 bits per heavy atom. The fourth-order valence-corrected chi connectivity index (χ4v) is 5.09. The summed E-state index contributed by atoms with van der Waals surface area (Å²) >= 11 is 0. The lowest BCUT2D eigenvalue weighted by atomic mass is 9.80. The molecule has 0 unspecified atom stereocenters. The first kappa shape index (κ1) is 23.6. The van der Waals surface area contributed by atoms with Crippen LogP contribution < -0.4 is 5.32 Å². The second-order valence-electron chi connectivity index (χ2n) is 11.0. The minimum Gasteiger partial charge on any atom is -0.481 e. The topological polar surface area (TPSA) is 97.4 Å². The highest BCUT2D eigenvalue weighted by atomic mass is 16.4. The molecule has 2 heterocycles. The van der Waals surface area contributed by atoms with Gasteiger partial charge in [0.15, 0.2) is 5.89 Å². The molecule has 2 aromatic heterocycles. The first-order chi connectivity index (χ1) is 15.5. The van der Waals surface area contributed by atoms with E-state index >= 15 is 0 Å². The molecular formula is C26H37N3O4. The van der Waals surface area contributed by atoms with Crippen molar-refractivity contribution in [2.45, 2.75) is 97.6 Å². The Morgan fingerprint density at radius 1 is 1.18 bits per heavy atom. The van der Waals surface area contributed by atoms with Crippen molar-refractivity contribution in [1.82, 2.24) is 14.9 Å². The zero-order chi connectivity index (χ0) is 23.9. The van der Waals surface area contributed by atoms with Crippen LogP contribution in [0.25, 0.3) is 11.4 Å². The van der Waals surface area contributed by atoms with Crippen molar-refractivity contribution < 1.29 is 19.1 Å². The molecule has 33 heavy (non-hydrogen) atoms. The molecule has 2 aliphatic carbocycles. The number of aromatic nitrogens is 2. The highest BCUT2D eigenvalue weighted by Crippen LogP contribution is 2.35. The summed E-state index contributed by atoms with van der Waals surface area (Å²) in [7, 11) is 0. The van der Waals surface area contributed by atoms with Crippen molar-refractivity contribution >= 4 is 11.9 Å². The second-order valence-corrected chi connectivity index (χ2v) is 11.0. The Balaban J connectivity index is 1.65. The van der Waals surface area contributed by atoms with Gasteiger partial charge in [-0.3, -0.25) is 9.59 Å². The molecule has 2 saturated carbocycles. The summed E-state index contributed by atoms with van der Waals surface area (Å²) < 4.78 is 8.29. The van der Waals surface area contributed by atoms with E-state index in [4.69, 9.17) is 14.5 Å². The van der Waals surface area contributed by atoms with Gasteiger partial charge in [-0.05, 0) is 51.5 Å². The van der Waals surface area contributed by atoms with Gasteiger partial charge in [0.2, 0.25) is 0 Å². The van der Waals surface area contributed by atoms with Gasteiger partial charge in [0, 0.05) is 23.7 Å². The molecule has 2 aliphatic rings. The number of rotatable bonds is 6. The molecule has 0 radical (unpaired) electrons. The molecule has 0 aliphatic heterocycles. The van der Waals surface area contributed by atoms with Crippen LogP contribution in [0, 0.1) is 25.7 Å². The van der Waals surface area contributed by atoms with Gasteiger partial charge < -0.3 is 19.4 Å². The number of oxazole rings is 1. The average molecular weight is 456 g/mol. The predicted molar refractivity (Wildman–Crippen MR) is 126 cm³/mol. The van der Waals surface area contributed by atoms with Crippen LogP contribution in [0.2, 0.25) is 0 Å². The van der Waals surface area contributed by atoms with E-state index in [0.29, 0.717) is 30.2 Å². The number of carboxylic acid groups (broad SMARTS) is 1. The van der Waals surface area contributed by atoms with Crippen LogP contribution in [-0.4, -0.2) is 32.6 Å². The number of aryl methyl sites for hydroxylation is 1. The summed E-state index contributed by atoms with van der Waals surface area (Å²) in [6.07, 6.45) is 7.23. The van der Waals surface area contributed by atoms with E-state index < -0.39 is 5.97 Å². The molecule has 7 nitrogen and oxygen atoms in total. The first-order valence-electron chi connectivity index (χ1n) is 12.3. The van der Waals surface area contributed by atoms with Gasteiger partial charge in [-0.2, -0.15) is 0 Å². The maximum atomic E-state index is 13.2. The molecule has 1 amide bonds. The van der Waals surface area contributed by atoms with Gasteiger partial charge >= 0.3 is 5.97 Å². The van der Waals surface area contributed by atoms with Gasteiger partial charge in [0.05, 0.1) is 17.2 Å². The molecule has 0 aromatic carbocycles. The number of hydrogen-bond donors (Lipinski definition) is 2. The molecule has 0 bridgehead atoms. The monoisotopic (exact) mass is 455 g/mol. The molecular weight excluding hydrogens is 418 g/mol. The third-order valence-electron chi connectivity index (χ3n) is 7.28. The van der Waals surface area contributed by atoms with Crippen LogP contribution in [0.5, 0.6) is 0 Å². The fourth-order valence-electron chi connectivity index (χ4n) is 5.09. The van der Waals surface area contributed by atoms with Crippen molar-refractivity contribution in [2.75, 3.05) is 0 Å². The number of carbonyl (C=O) groups excluding carboxylic acids is 1. The third-order valence-corrected chi connectivity index (χ3v) is 7.28. The third kappa shape index (κ3) is 4.87. The van der Waals surface area contributed by atoms with Crippen LogP contribution in [0.1, 0.15) is 93.4 Å².